The van der Waals surface area contributed by atoms with Crippen LogP contribution in [0.15, 0.2) is 0 Å². The van der Waals surface area contributed by atoms with Gasteiger partial charge in [0.15, 0.2) is 0 Å². The van der Waals surface area contributed by atoms with Crippen LogP contribution in [-0.2, 0) is 9.47 Å². The van der Waals surface area contributed by atoms with Crippen LogP contribution in [0, 0.1) is 0 Å². The van der Waals surface area contributed by atoms with Crippen molar-refractivity contribution in [2.75, 3.05) is 31.8 Å². The van der Waals surface area contributed by atoms with Gasteiger partial charge < -0.3 is 9.47 Å². The van der Waals surface area contributed by atoms with E-state index in [1.54, 1.807) is 0 Å². The van der Waals surface area contributed by atoms with Gasteiger partial charge in [-0.3, -0.25) is 0 Å². The normalized spacial score (nSPS) is 24.2. The van der Waals surface area contributed by atoms with Gasteiger partial charge in [-0.25, -0.2) is 0 Å². The summed E-state index contributed by atoms with van der Waals surface area (Å²) in [6, 6.07) is 0. The van der Waals surface area contributed by atoms with Gasteiger partial charge in [-0.1, -0.05) is 0 Å². The Balaban J connectivity index is 1.91. The fraction of sp³-hybridized carbons (Fsp3) is 1.00. The number of hydrogen-bond acceptors (Lipinski definition) is 3. The summed E-state index contributed by atoms with van der Waals surface area (Å²) in [6.07, 6.45) is 6.18. The first-order valence-electron chi connectivity index (χ1n) is 4.62. The summed E-state index contributed by atoms with van der Waals surface area (Å²) in [5, 5.41) is 0. The van der Waals surface area contributed by atoms with Crippen molar-refractivity contribution in [2.24, 2.45) is 0 Å². The van der Waals surface area contributed by atoms with E-state index in [4.69, 9.17) is 9.47 Å². The SMILES string of the molecule is CSCCOCC1CCCCO1. The molecule has 1 rings (SSSR count). The maximum Gasteiger partial charge on any atom is 0.0808 e. The monoisotopic (exact) mass is 190 g/mol. The van der Waals surface area contributed by atoms with Gasteiger partial charge in [0.05, 0.1) is 19.3 Å². The van der Waals surface area contributed by atoms with E-state index in [0.29, 0.717) is 6.10 Å². The lowest BCUT2D eigenvalue weighted by molar-refractivity contribution is -0.0376. The summed E-state index contributed by atoms with van der Waals surface area (Å²) in [7, 11) is 0. The Morgan fingerprint density at radius 2 is 2.42 bits per heavy atom. The molecule has 1 unspecified atom stereocenters. The second kappa shape index (κ2) is 6.75. The number of thioether (sulfide) groups is 1. The van der Waals surface area contributed by atoms with Crippen molar-refractivity contribution in [3.8, 4) is 0 Å². The molecular weight excluding hydrogens is 172 g/mol. The van der Waals surface area contributed by atoms with E-state index in [1.165, 1.54) is 19.3 Å². The molecule has 1 saturated heterocycles. The molecule has 1 aliphatic heterocycles. The Labute approximate surface area is 79.0 Å². The standard InChI is InChI=1S/C9H18O2S/c1-12-7-6-10-8-9-4-2-3-5-11-9/h9H,2-8H2,1H3. The average molecular weight is 190 g/mol. The largest absolute Gasteiger partial charge is 0.378 e. The molecule has 0 spiro atoms. The molecule has 0 aromatic rings. The molecule has 2 nitrogen and oxygen atoms in total. The molecule has 1 atom stereocenters. The van der Waals surface area contributed by atoms with Crippen LogP contribution in [0.5, 0.6) is 0 Å². The second-order valence-corrected chi connectivity index (χ2v) is 4.04. The summed E-state index contributed by atoms with van der Waals surface area (Å²) in [5.74, 6) is 1.09. The number of rotatable bonds is 5. The highest BCUT2D eigenvalue weighted by atomic mass is 32.2. The Kier molecular flexibility index (Phi) is 5.82. The molecule has 0 amide bonds. The lowest BCUT2D eigenvalue weighted by atomic mass is 10.1. The maximum absolute atomic E-state index is 5.53. The highest BCUT2D eigenvalue weighted by Gasteiger charge is 2.12. The molecule has 1 heterocycles. The summed E-state index contributed by atoms with van der Waals surface area (Å²) in [4.78, 5) is 0. The molecule has 3 heteroatoms. The maximum atomic E-state index is 5.53. The Bertz CT molecular complexity index is 103. The van der Waals surface area contributed by atoms with E-state index < -0.39 is 0 Å². The molecule has 0 aromatic heterocycles. The van der Waals surface area contributed by atoms with Gasteiger partial charge in [-0.05, 0) is 25.5 Å². The van der Waals surface area contributed by atoms with Gasteiger partial charge >= 0.3 is 0 Å². The molecule has 0 N–H and O–H groups in total. The van der Waals surface area contributed by atoms with Gasteiger partial charge in [0, 0.05) is 12.4 Å². The van der Waals surface area contributed by atoms with Crippen LogP contribution in [0.2, 0.25) is 0 Å². The molecule has 12 heavy (non-hydrogen) atoms. The number of hydrogen-bond donors (Lipinski definition) is 0. The highest BCUT2D eigenvalue weighted by Crippen LogP contribution is 2.12. The summed E-state index contributed by atoms with van der Waals surface area (Å²) in [6.45, 7) is 2.58. The van der Waals surface area contributed by atoms with E-state index in [-0.39, 0.29) is 0 Å². The van der Waals surface area contributed by atoms with Crippen molar-refractivity contribution < 1.29 is 9.47 Å². The molecule has 1 fully saturated rings. The molecule has 0 bridgehead atoms. The van der Waals surface area contributed by atoms with Gasteiger partial charge in [0.2, 0.25) is 0 Å². The van der Waals surface area contributed by atoms with Crippen molar-refractivity contribution in [2.45, 2.75) is 25.4 Å². The third kappa shape index (κ3) is 4.33. The second-order valence-electron chi connectivity index (χ2n) is 3.06. The van der Waals surface area contributed by atoms with E-state index in [9.17, 15) is 0 Å². The summed E-state index contributed by atoms with van der Waals surface area (Å²) in [5.41, 5.74) is 0. The minimum atomic E-state index is 0.376. The Hall–Kier alpha value is 0.270. The third-order valence-corrected chi connectivity index (χ3v) is 2.58. The third-order valence-electron chi connectivity index (χ3n) is 2.01. The zero-order valence-electron chi connectivity index (χ0n) is 7.75. The smallest absolute Gasteiger partial charge is 0.0808 e. The summed E-state index contributed by atoms with van der Waals surface area (Å²) >= 11 is 1.82. The molecule has 0 aliphatic carbocycles. The molecule has 0 saturated carbocycles. The van der Waals surface area contributed by atoms with Gasteiger partial charge in [-0.2, -0.15) is 11.8 Å². The van der Waals surface area contributed by atoms with E-state index in [2.05, 4.69) is 6.26 Å². The van der Waals surface area contributed by atoms with Crippen LogP contribution < -0.4 is 0 Å². The van der Waals surface area contributed by atoms with Crippen LogP contribution in [0.3, 0.4) is 0 Å². The first-order valence-corrected chi connectivity index (χ1v) is 6.01. The highest BCUT2D eigenvalue weighted by molar-refractivity contribution is 7.98. The summed E-state index contributed by atoms with van der Waals surface area (Å²) < 4.78 is 11.0. The number of ether oxygens (including phenoxy) is 2. The van der Waals surface area contributed by atoms with E-state index in [0.717, 1.165) is 25.6 Å². The molecule has 0 radical (unpaired) electrons. The molecule has 1 aliphatic rings. The van der Waals surface area contributed by atoms with E-state index >= 15 is 0 Å². The van der Waals surface area contributed by atoms with Gasteiger partial charge in [0.1, 0.15) is 0 Å². The van der Waals surface area contributed by atoms with Gasteiger partial charge in [0.25, 0.3) is 0 Å². The van der Waals surface area contributed by atoms with Crippen molar-refractivity contribution in [3.63, 3.8) is 0 Å². The minimum Gasteiger partial charge on any atom is -0.378 e. The van der Waals surface area contributed by atoms with Crippen LogP contribution in [-0.4, -0.2) is 37.9 Å². The first kappa shape index (κ1) is 10.4. The van der Waals surface area contributed by atoms with Crippen molar-refractivity contribution >= 4 is 11.8 Å². The predicted octanol–water partition coefficient (Wildman–Crippen LogP) is 1.94. The molecule has 72 valence electrons. The van der Waals surface area contributed by atoms with Gasteiger partial charge in [-0.15, -0.1) is 0 Å². The van der Waals surface area contributed by atoms with Crippen molar-refractivity contribution in [1.29, 1.82) is 0 Å². The lowest BCUT2D eigenvalue weighted by Gasteiger charge is -2.22. The fourth-order valence-electron chi connectivity index (χ4n) is 1.30. The average Bonchev–Trinajstić information content (AvgIpc) is 2.14. The Morgan fingerprint density at radius 3 is 3.08 bits per heavy atom. The fourth-order valence-corrected chi connectivity index (χ4v) is 1.58. The van der Waals surface area contributed by atoms with Crippen molar-refractivity contribution in [1.82, 2.24) is 0 Å². The lowest BCUT2D eigenvalue weighted by Crippen LogP contribution is -2.24. The molecular formula is C9H18O2S. The van der Waals surface area contributed by atoms with Crippen LogP contribution in [0.25, 0.3) is 0 Å². The zero-order chi connectivity index (χ0) is 8.65. The topological polar surface area (TPSA) is 18.5 Å². The van der Waals surface area contributed by atoms with Crippen LogP contribution >= 0.6 is 11.8 Å². The first-order chi connectivity index (χ1) is 5.93. The van der Waals surface area contributed by atoms with Crippen LogP contribution in [0.4, 0.5) is 0 Å². The molecule has 0 aromatic carbocycles. The van der Waals surface area contributed by atoms with Crippen molar-refractivity contribution in [3.05, 3.63) is 0 Å². The van der Waals surface area contributed by atoms with Crippen LogP contribution in [0.1, 0.15) is 19.3 Å². The Morgan fingerprint density at radius 1 is 1.50 bits per heavy atom. The van der Waals surface area contributed by atoms with E-state index in [1.807, 2.05) is 11.8 Å². The zero-order valence-corrected chi connectivity index (χ0v) is 8.57. The minimum absolute atomic E-state index is 0.376. The predicted molar refractivity (Wildman–Crippen MR) is 52.8 cm³/mol. The quantitative estimate of drug-likeness (QED) is 0.617.